The largest absolute Gasteiger partial charge is 0.481 e. The first-order chi connectivity index (χ1) is 14.9. The van der Waals surface area contributed by atoms with Crippen LogP contribution in [0.15, 0.2) is 0 Å². The average molecular weight is 433 g/mol. The lowest BCUT2D eigenvalue weighted by Gasteiger charge is -2.46. The van der Waals surface area contributed by atoms with Crippen LogP contribution in [0.5, 0.6) is 0 Å². The molecule has 0 aliphatic heterocycles. The Morgan fingerprint density at radius 1 is 0.871 bits per heavy atom. The molecule has 5 saturated carbocycles. The fourth-order valence-electron chi connectivity index (χ4n) is 9.45. The maximum atomic E-state index is 12.4. The number of ether oxygens (including phenoxy) is 1. The summed E-state index contributed by atoms with van der Waals surface area (Å²) >= 11 is 0. The molecule has 11 atom stereocenters. The van der Waals surface area contributed by atoms with E-state index in [0.29, 0.717) is 29.8 Å². The van der Waals surface area contributed by atoms with Crippen LogP contribution in [0.25, 0.3) is 0 Å². The molecule has 4 bridgehead atoms. The second-order valence-corrected chi connectivity index (χ2v) is 11.7. The zero-order valence-corrected chi connectivity index (χ0v) is 19.1. The van der Waals surface area contributed by atoms with Crippen LogP contribution in [-0.2, 0) is 14.3 Å². The second-order valence-electron chi connectivity index (χ2n) is 11.7. The number of hydrogen-bond acceptors (Lipinski definition) is 3. The van der Waals surface area contributed by atoms with Gasteiger partial charge in [0.2, 0.25) is 0 Å². The maximum Gasteiger partial charge on any atom is 0.307 e. The van der Waals surface area contributed by atoms with Gasteiger partial charge in [0, 0.05) is 0 Å². The molecule has 2 N–H and O–H groups in total. The molecule has 0 radical (unpaired) electrons. The normalized spacial score (nSPS) is 44.2. The van der Waals surface area contributed by atoms with Gasteiger partial charge in [-0.1, -0.05) is 26.2 Å². The minimum Gasteiger partial charge on any atom is -0.481 e. The summed E-state index contributed by atoms with van der Waals surface area (Å²) in [6.45, 7) is 3.79. The lowest BCUT2D eigenvalue weighted by Crippen LogP contribution is -2.47. The monoisotopic (exact) mass is 432 g/mol. The Morgan fingerprint density at radius 2 is 1.52 bits per heavy atom. The van der Waals surface area contributed by atoms with Gasteiger partial charge in [0.05, 0.1) is 24.0 Å². The highest BCUT2D eigenvalue weighted by molar-refractivity contribution is 5.80. The van der Waals surface area contributed by atoms with E-state index in [1.165, 1.54) is 38.5 Å². The summed E-state index contributed by atoms with van der Waals surface area (Å²) in [6.07, 6.45) is 12.6. The molecular formula is C26H40O5. The Hall–Kier alpha value is -1.10. The van der Waals surface area contributed by atoms with Crippen molar-refractivity contribution in [2.75, 3.05) is 0 Å². The van der Waals surface area contributed by atoms with Gasteiger partial charge in [-0.25, -0.2) is 0 Å². The molecule has 174 valence electrons. The van der Waals surface area contributed by atoms with E-state index in [1.54, 1.807) is 6.92 Å². The van der Waals surface area contributed by atoms with Crippen molar-refractivity contribution in [2.45, 2.75) is 90.3 Å². The van der Waals surface area contributed by atoms with Crippen LogP contribution in [0.3, 0.4) is 0 Å². The Bertz CT molecular complexity index is 700. The third kappa shape index (κ3) is 3.63. The quantitative estimate of drug-likeness (QED) is 0.523. The Kier molecular flexibility index (Phi) is 5.85. The van der Waals surface area contributed by atoms with Crippen LogP contribution in [0, 0.1) is 59.2 Å². The van der Waals surface area contributed by atoms with Gasteiger partial charge < -0.3 is 14.9 Å². The predicted octanol–water partition coefficient (Wildman–Crippen LogP) is 5.08. The highest BCUT2D eigenvalue weighted by atomic mass is 16.5. The highest BCUT2D eigenvalue weighted by Crippen LogP contribution is 2.72. The Morgan fingerprint density at radius 3 is 2.13 bits per heavy atom. The minimum absolute atomic E-state index is 0.00777. The fraction of sp³-hybridized carbons (Fsp3) is 0.923. The van der Waals surface area contributed by atoms with Gasteiger partial charge in [0.1, 0.15) is 0 Å². The first-order valence-corrected chi connectivity index (χ1v) is 13.0. The molecule has 0 spiro atoms. The van der Waals surface area contributed by atoms with Crippen molar-refractivity contribution >= 4 is 11.9 Å². The lowest BCUT2D eigenvalue weighted by molar-refractivity contribution is -0.159. The topological polar surface area (TPSA) is 83.8 Å². The molecule has 11 unspecified atom stereocenters. The van der Waals surface area contributed by atoms with Crippen molar-refractivity contribution in [3.63, 3.8) is 0 Å². The van der Waals surface area contributed by atoms with Crippen molar-refractivity contribution in [3.05, 3.63) is 0 Å². The number of fused-ring (bicyclic) bond motifs is 9. The summed E-state index contributed by atoms with van der Waals surface area (Å²) in [6, 6.07) is 0. The van der Waals surface area contributed by atoms with Gasteiger partial charge in [0.15, 0.2) is 0 Å². The molecular weight excluding hydrogens is 392 g/mol. The van der Waals surface area contributed by atoms with Crippen molar-refractivity contribution in [1.29, 1.82) is 0 Å². The summed E-state index contributed by atoms with van der Waals surface area (Å²) in [5, 5.41) is 19.9. The van der Waals surface area contributed by atoms with Crippen molar-refractivity contribution < 1.29 is 24.5 Å². The van der Waals surface area contributed by atoms with Gasteiger partial charge in [-0.15, -0.1) is 0 Å². The van der Waals surface area contributed by atoms with Gasteiger partial charge in [-0.3, -0.25) is 9.59 Å². The third-order valence-corrected chi connectivity index (χ3v) is 10.3. The number of carbonyl (C=O) groups is 2. The molecule has 5 aliphatic carbocycles. The Labute approximate surface area is 186 Å². The number of carboxylic acids is 2. The Balaban J connectivity index is 1.39. The van der Waals surface area contributed by atoms with Crippen LogP contribution < -0.4 is 0 Å². The van der Waals surface area contributed by atoms with E-state index >= 15 is 0 Å². The summed E-state index contributed by atoms with van der Waals surface area (Å²) in [7, 11) is 0. The van der Waals surface area contributed by atoms with Crippen molar-refractivity contribution in [3.8, 4) is 0 Å². The van der Waals surface area contributed by atoms with Crippen molar-refractivity contribution in [2.24, 2.45) is 59.2 Å². The summed E-state index contributed by atoms with van der Waals surface area (Å²) in [4.78, 5) is 24.3. The third-order valence-electron chi connectivity index (χ3n) is 10.3. The molecule has 0 aromatic carbocycles. The summed E-state index contributed by atoms with van der Waals surface area (Å²) in [5.41, 5.74) is 0. The van der Waals surface area contributed by atoms with E-state index < -0.39 is 23.8 Å². The SMILES string of the molecule is CC(CC1C2CC(C1C(C(=O)O)C(C)C(=O)O)C1C3CCC(C3)C21)OC1CCCCC1. The summed E-state index contributed by atoms with van der Waals surface area (Å²) in [5.74, 6) is 0.804. The molecule has 5 nitrogen and oxygen atoms in total. The minimum atomic E-state index is -0.968. The van der Waals surface area contributed by atoms with Gasteiger partial charge in [-0.2, -0.15) is 0 Å². The molecule has 0 saturated heterocycles. The molecule has 5 heteroatoms. The van der Waals surface area contributed by atoms with Crippen LogP contribution >= 0.6 is 0 Å². The fourth-order valence-corrected chi connectivity index (χ4v) is 9.45. The summed E-state index contributed by atoms with van der Waals surface area (Å²) < 4.78 is 6.47. The van der Waals surface area contributed by atoms with Crippen LogP contribution in [-0.4, -0.2) is 34.4 Å². The standard InChI is InChI=1S/C26H40O5/c1-13(31-17-6-4-3-5-7-17)10-18-19-12-20(23-16-9-8-15(11-16)22(19)23)24(18)21(26(29)30)14(2)25(27)28/h13-24H,3-12H2,1-2H3,(H,27,28)(H,29,30). The number of aliphatic carboxylic acids is 2. The first-order valence-electron chi connectivity index (χ1n) is 13.0. The number of carboxylic acid groups (broad SMARTS) is 2. The van der Waals surface area contributed by atoms with E-state index in [2.05, 4.69) is 6.92 Å². The van der Waals surface area contributed by atoms with E-state index in [0.717, 1.165) is 43.4 Å². The van der Waals surface area contributed by atoms with E-state index in [4.69, 9.17) is 4.74 Å². The van der Waals surface area contributed by atoms with Gasteiger partial charge in [0.25, 0.3) is 0 Å². The predicted molar refractivity (Wildman–Crippen MR) is 116 cm³/mol. The van der Waals surface area contributed by atoms with E-state index in [9.17, 15) is 19.8 Å². The molecule has 5 rings (SSSR count). The molecule has 5 aliphatic rings. The molecule has 0 aromatic rings. The number of hydrogen-bond donors (Lipinski definition) is 2. The van der Waals surface area contributed by atoms with Crippen LogP contribution in [0.1, 0.15) is 78.1 Å². The first kappa shape index (κ1) is 21.7. The van der Waals surface area contributed by atoms with Gasteiger partial charge in [-0.05, 0) is 99.2 Å². The lowest BCUT2D eigenvalue weighted by atomic mass is 9.58. The van der Waals surface area contributed by atoms with Gasteiger partial charge >= 0.3 is 11.9 Å². The molecule has 31 heavy (non-hydrogen) atoms. The highest BCUT2D eigenvalue weighted by Gasteiger charge is 2.67. The second kappa shape index (κ2) is 8.35. The molecule has 5 fully saturated rings. The van der Waals surface area contributed by atoms with E-state index in [1.807, 2.05) is 0 Å². The number of rotatable bonds is 8. The smallest absolute Gasteiger partial charge is 0.307 e. The van der Waals surface area contributed by atoms with Crippen LogP contribution in [0.4, 0.5) is 0 Å². The van der Waals surface area contributed by atoms with Crippen LogP contribution in [0.2, 0.25) is 0 Å². The molecule has 0 heterocycles. The maximum absolute atomic E-state index is 12.4. The zero-order valence-electron chi connectivity index (χ0n) is 19.1. The molecule has 0 aromatic heterocycles. The molecule has 0 amide bonds. The average Bonchev–Trinajstić information content (AvgIpc) is 3.48. The zero-order chi connectivity index (χ0) is 21.9. The van der Waals surface area contributed by atoms with E-state index in [-0.39, 0.29) is 12.0 Å². The van der Waals surface area contributed by atoms with Crippen molar-refractivity contribution in [1.82, 2.24) is 0 Å².